The molecule has 0 saturated heterocycles. The number of carbonyl (C=O) groups is 1. The van der Waals surface area contributed by atoms with E-state index < -0.39 is 5.91 Å². The number of aryl methyl sites for hydroxylation is 3. The van der Waals surface area contributed by atoms with E-state index in [4.69, 9.17) is 4.74 Å². The van der Waals surface area contributed by atoms with Crippen LogP contribution in [0.25, 0.3) is 6.08 Å². The Kier molecular flexibility index (Phi) is 5.39. The highest BCUT2D eigenvalue weighted by Crippen LogP contribution is 2.23. The second kappa shape index (κ2) is 7.47. The van der Waals surface area contributed by atoms with Gasteiger partial charge in [-0.2, -0.15) is 5.26 Å². The lowest BCUT2D eigenvalue weighted by Gasteiger charge is -2.12. The first-order valence-electron chi connectivity index (χ1n) is 7.59. The molecule has 0 unspecified atom stereocenters. The summed E-state index contributed by atoms with van der Waals surface area (Å²) in [7, 11) is 1.57. The van der Waals surface area contributed by atoms with E-state index in [1.165, 1.54) is 0 Å². The van der Waals surface area contributed by atoms with Gasteiger partial charge in [-0.1, -0.05) is 29.8 Å². The Morgan fingerprint density at radius 2 is 1.83 bits per heavy atom. The third-order valence-electron chi connectivity index (χ3n) is 3.69. The Balaban J connectivity index is 2.30. The number of carbonyl (C=O) groups excluding carboxylic acids is 1. The summed E-state index contributed by atoms with van der Waals surface area (Å²) in [5.41, 5.74) is 4.60. The molecular weight excluding hydrogens is 300 g/mol. The monoisotopic (exact) mass is 320 g/mol. The maximum absolute atomic E-state index is 12.5. The molecular formula is C20H20N2O2. The number of nitrogens with one attached hydrogen (secondary N) is 1. The standard InChI is InChI=1S/C20H20N2O2/c1-13-8-14(2)19(15(3)9-13)22-20(23)17(12-21)10-16-6-5-7-18(11-16)24-4/h5-11H,1-4H3,(H,22,23)/b17-10+. The van der Waals surface area contributed by atoms with Crippen molar-refractivity contribution < 1.29 is 9.53 Å². The van der Waals surface area contributed by atoms with Crippen LogP contribution in [0.2, 0.25) is 0 Å². The number of amides is 1. The van der Waals surface area contributed by atoms with E-state index in [2.05, 4.69) is 5.32 Å². The van der Waals surface area contributed by atoms with Crippen molar-refractivity contribution in [1.82, 2.24) is 0 Å². The van der Waals surface area contributed by atoms with Gasteiger partial charge in [0.05, 0.1) is 7.11 Å². The Morgan fingerprint density at radius 3 is 2.42 bits per heavy atom. The summed E-state index contributed by atoms with van der Waals surface area (Å²) in [5.74, 6) is 0.252. The van der Waals surface area contributed by atoms with Gasteiger partial charge in [0.2, 0.25) is 0 Å². The molecule has 4 nitrogen and oxygen atoms in total. The minimum absolute atomic E-state index is 0.0441. The van der Waals surface area contributed by atoms with Crippen molar-refractivity contribution in [3.05, 3.63) is 64.2 Å². The van der Waals surface area contributed by atoms with Crippen LogP contribution in [0.1, 0.15) is 22.3 Å². The molecule has 2 aromatic carbocycles. The zero-order chi connectivity index (χ0) is 17.7. The van der Waals surface area contributed by atoms with Crippen LogP contribution in [0.4, 0.5) is 5.69 Å². The minimum Gasteiger partial charge on any atom is -0.497 e. The van der Waals surface area contributed by atoms with E-state index in [1.54, 1.807) is 19.3 Å². The smallest absolute Gasteiger partial charge is 0.266 e. The summed E-state index contributed by atoms with van der Waals surface area (Å²) in [6.45, 7) is 5.88. The van der Waals surface area contributed by atoms with E-state index in [9.17, 15) is 10.1 Å². The van der Waals surface area contributed by atoms with Crippen molar-refractivity contribution in [2.45, 2.75) is 20.8 Å². The summed E-state index contributed by atoms with van der Waals surface area (Å²) >= 11 is 0. The first-order valence-corrected chi connectivity index (χ1v) is 7.59. The van der Waals surface area contributed by atoms with Crippen LogP contribution in [0.3, 0.4) is 0 Å². The van der Waals surface area contributed by atoms with Gasteiger partial charge in [0.1, 0.15) is 17.4 Å². The highest BCUT2D eigenvalue weighted by Gasteiger charge is 2.13. The van der Waals surface area contributed by atoms with Crippen LogP contribution in [-0.4, -0.2) is 13.0 Å². The Hall–Kier alpha value is -3.06. The SMILES string of the molecule is COc1cccc(/C=C(\C#N)C(=O)Nc2c(C)cc(C)cc2C)c1. The molecule has 0 saturated carbocycles. The number of rotatable bonds is 4. The third-order valence-corrected chi connectivity index (χ3v) is 3.69. The lowest BCUT2D eigenvalue weighted by Crippen LogP contribution is -2.15. The molecule has 4 heteroatoms. The fourth-order valence-corrected chi connectivity index (χ4v) is 2.60. The number of ether oxygens (including phenoxy) is 1. The topological polar surface area (TPSA) is 62.1 Å². The van der Waals surface area contributed by atoms with Gasteiger partial charge in [-0.15, -0.1) is 0 Å². The number of benzene rings is 2. The zero-order valence-corrected chi connectivity index (χ0v) is 14.3. The zero-order valence-electron chi connectivity index (χ0n) is 14.3. The molecule has 2 rings (SSSR count). The number of nitrogens with zero attached hydrogens (tertiary/aromatic N) is 1. The van der Waals surface area contributed by atoms with E-state index in [1.807, 2.05) is 57.2 Å². The van der Waals surface area contributed by atoms with Crippen LogP contribution >= 0.6 is 0 Å². The van der Waals surface area contributed by atoms with Crippen molar-refractivity contribution >= 4 is 17.7 Å². The van der Waals surface area contributed by atoms with Gasteiger partial charge in [-0.05, 0) is 55.7 Å². The van der Waals surface area contributed by atoms with Crippen LogP contribution in [0.15, 0.2) is 42.0 Å². The van der Waals surface area contributed by atoms with Gasteiger partial charge in [0.15, 0.2) is 0 Å². The maximum Gasteiger partial charge on any atom is 0.266 e. The predicted octanol–water partition coefficient (Wildman–Crippen LogP) is 4.17. The fraction of sp³-hybridized carbons (Fsp3) is 0.200. The number of anilines is 1. The largest absolute Gasteiger partial charge is 0.497 e. The van der Waals surface area contributed by atoms with Gasteiger partial charge in [-0.25, -0.2) is 0 Å². The van der Waals surface area contributed by atoms with Gasteiger partial charge < -0.3 is 10.1 Å². The molecule has 0 radical (unpaired) electrons. The molecule has 0 aliphatic carbocycles. The Bertz CT molecular complexity index is 822. The molecule has 0 spiro atoms. The third kappa shape index (κ3) is 4.02. The van der Waals surface area contributed by atoms with Gasteiger partial charge in [0, 0.05) is 5.69 Å². The normalized spacial score (nSPS) is 10.9. The molecule has 0 bridgehead atoms. The minimum atomic E-state index is -0.421. The molecule has 1 amide bonds. The number of hydrogen-bond acceptors (Lipinski definition) is 3. The van der Waals surface area contributed by atoms with E-state index >= 15 is 0 Å². The average Bonchev–Trinajstić information content (AvgIpc) is 2.55. The molecule has 24 heavy (non-hydrogen) atoms. The van der Waals surface area contributed by atoms with Crippen molar-refractivity contribution in [1.29, 1.82) is 5.26 Å². The lowest BCUT2D eigenvalue weighted by molar-refractivity contribution is -0.112. The van der Waals surface area contributed by atoms with Gasteiger partial charge in [0.25, 0.3) is 5.91 Å². The Labute approximate surface area is 142 Å². The highest BCUT2D eigenvalue weighted by atomic mass is 16.5. The quantitative estimate of drug-likeness (QED) is 0.679. The van der Waals surface area contributed by atoms with E-state index in [-0.39, 0.29) is 5.57 Å². The summed E-state index contributed by atoms with van der Waals surface area (Å²) in [4.78, 5) is 12.5. The molecule has 1 N–H and O–H groups in total. The molecule has 0 heterocycles. The van der Waals surface area contributed by atoms with Crippen molar-refractivity contribution in [3.8, 4) is 11.8 Å². The molecule has 0 atom stereocenters. The number of methoxy groups -OCH3 is 1. The number of nitriles is 1. The first-order chi connectivity index (χ1) is 11.4. The molecule has 0 fully saturated rings. The second-order valence-electron chi connectivity index (χ2n) is 5.67. The fourth-order valence-electron chi connectivity index (χ4n) is 2.60. The molecule has 0 aromatic heterocycles. The average molecular weight is 320 g/mol. The lowest BCUT2D eigenvalue weighted by atomic mass is 10.0. The van der Waals surface area contributed by atoms with Crippen LogP contribution in [0, 0.1) is 32.1 Å². The number of hydrogen-bond donors (Lipinski definition) is 1. The van der Waals surface area contributed by atoms with Crippen LogP contribution in [0.5, 0.6) is 5.75 Å². The maximum atomic E-state index is 12.5. The van der Waals surface area contributed by atoms with E-state index in [0.29, 0.717) is 5.75 Å². The summed E-state index contributed by atoms with van der Waals surface area (Å²) in [6, 6.07) is 13.2. The van der Waals surface area contributed by atoms with Crippen molar-refractivity contribution in [2.24, 2.45) is 0 Å². The summed E-state index contributed by atoms with van der Waals surface area (Å²) in [6.07, 6.45) is 1.55. The second-order valence-corrected chi connectivity index (χ2v) is 5.67. The summed E-state index contributed by atoms with van der Waals surface area (Å²) < 4.78 is 5.16. The van der Waals surface area contributed by atoms with Crippen molar-refractivity contribution in [2.75, 3.05) is 12.4 Å². The van der Waals surface area contributed by atoms with Gasteiger partial charge in [-0.3, -0.25) is 4.79 Å². The van der Waals surface area contributed by atoms with Crippen molar-refractivity contribution in [3.63, 3.8) is 0 Å². The van der Waals surface area contributed by atoms with Gasteiger partial charge >= 0.3 is 0 Å². The predicted molar refractivity (Wildman–Crippen MR) is 95.9 cm³/mol. The molecule has 0 aliphatic rings. The van der Waals surface area contributed by atoms with Crippen LogP contribution < -0.4 is 10.1 Å². The Morgan fingerprint density at radius 1 is 1.17 bits per heavy atom. The highest BCUT2D eigenvalue weighted by molar-refractivity contribution is 6.10. The molecule has 122 valence electrons. The summed E-state index contributed by atoms with van der Waals surface area (Å²) in [5, 5.41) is 12.2. The van der Waals surface area contributed by atoms with Crippen LogP contribution in [-0.2, 0) is 4.79 Å². The van der Waals surface area contributed by atoms with E-state index in [0.717, 1.165) is 27.9 Å². The first kappa shape index (κ1) is 17.3. The molecule has 2 aromatic rings. The molecule has 0 aliphatic heterocycles.